The molecule has 0 aliphatic carbocycles. The van der Waals surface area contributed by atoms with E-state index in [1.54, 1.807) is 12.1 Å². The summed E-state index contributed by atoms with van der Waals surface area (Å²) in [6.45, 7) is 3.10. The number of imidazole rings is 1. The molecule has 1 aliphatic heterocycles. The van der Waals surface area contributed by atoms with Crippen LogP contribution in [0.1, 0.15) is 17.8 Å². The first-order valence-electron chi connectivity index (χ1n) is 8.90. The molecule has 0 radical (unpaired) electrons. The lowest BCUT2D eigenvalue weighted by Crippen LogP contribution is -2.43. The topological polar surface area (TPSA) is 44.2 Å². The Hall–Kier alpha value is -2.01. The Bertz CT molecular complexity index is 1030. The summed E-state index contributed by atoms with van der Waals surface area (Å²) >= 11 is 12.0. The third-order valence-corrected chi connectivity index (χ3v) is 5.34. The van der Waals surface area contributed by atoms with Crippen molar-refractivity contribution < 1.29 is 9.67 Å². The Morgan fingerprint density at radius 1 is 1.14 bits per heavy atom. The molecule has 1 aromatic heterocycles. The minimum Gasteiger partial charge on any atom is -0.859 e. The third kappa shape index (κ3) is 4.19. The Kier molecular flexibility index (Phi) is 6.33. The van der Waals surface area contributed by atoms with Gasteiger partial charge >= 0.3 is 0 Å². The van der Waals surface area contributed by atoms with E-state index in [-0.39, 0.29) is 24.8 Å². The van der Waals surface area contributed by atoms with Gasteiger partial charge in [-0.25, -0.2) is 9.13 Å². The molecule has 1 aliphatic rings. The fourth-order valence-corrected chi connectivity index (χ4v) is 3.81. The minimum atomic E-state index is -0.187. The molecule has 0 fully saturated rings. The fraction of sp³-hybridized carbons (Fsp3) is 0.238. The maximum absolute atomic E-state index is 12.6. The van der Waals surface area contributed by atoms with E-state index in [0.29, 0.717) is 15.7 Å². The van der Waals surface area contributed by atoms with Gasteiger partial charge < -0.3 is 5.11 Å². The van der Waals surface area contributed by atoms with Crippen LogP contribution in [-0.2, 0) is 19.5 Å². The molecule has 4 rings (SSSR count). The van der Waals surface area contributed by atoms with Gasteiger partial charge in [-0.1, -0.05) is 29.3 Å². The summed E-state index contributed by atoms with van der Waals surface area (Å²) in [7, 11) is 0. The maximum Gasteiger partial charge on any atom is 0.257 e. The van der Waals surface area contributed by atoms with Crippen molar-refractivity contribution in [2.45, 2.75) is 32.9 Å². The zero-order valence-corrected chi connectivity index (χ0v) is 17.7. The van der Waals surface area contributed by atoms with Gasteiger partial charge in [0.15, 0.2) is 5.69 Å². The number of aliphatic imine (C=N–C) groups is 1. The van der Waals surface area contributed by atoms with E-state index in [0.717, 1.165) is 42.0 Å². The Morgan fingerprint density at radius 3 is 2.61 bits per heavy atom. The van der Waals surface area contributed by atoms with E-state index in [1.165, 1.54) is 0 Å². The summed E-state index contributed by atoms with van der Waals surface area (Å²) in [6, 6.07) is 13.2. The van der Waals surface area contributed by atoms with Gasteiger partial charge in [0.1, 0.15) is 12.7 Å². The van der Waals surface area contributed by atoms with Crippen molar-refractivity contribution in [3.63, 3.8) is 0 Å². The highest BCUT2D eigenvalue weighted by Gasteiger charge is 2.28. The van der Waals surface area contributed by atoms with Gasteiger partial charge in [0.25, 0.3) is 5.82 Å². The molecule has 0 atom stereocenters. The summed E-state index contributed by atoms with van der Waals surface area (Å²) in [6.07, 6.45) is 4.07. The van der Waals surface area contributed by atoms with Crippen molar-refractivity contribution in [1.29, 1.82) is 0 Å². The lowest BCUT2D eigenvalue weighted by molar-refractivity contribution is -0.693. The molecule has 4 nitrogen and oxygen atoms in total. The van der Waals surface area contributed by atoms with Crippen molar-refractivity contribution in [2.24, 2.45) is 4.99 Å². The molecule has 0 saturated heterocycles. The van der Waals surface area contributed by atoms with Crippen molar-refractivity contribution in [3.8, 4) is 11.3 Å². The highest BCUT2D eigenvalue weighted by atomic mass is 35.5. The molecule has 7 heteroatoms. The number of halogens is 3. The van der Waals surface area contributed by atoms with E-state index in [2.05, 4.69) is 9.56 Å². The molecule has 146 valence electrons. The van der Waals surface area contributed by atoms with Crippen LogP contribution in [0.25, 0.3) is 11.3 Å². The van der Waals surface area contributed by atoms with Crippen molar-refractivity contribution in [3.05, 3.63) is 70.1 Å². The zero-order chi connectivity index (χ0) is 19.0. The molecule has 0 N–H and O–H groups in total. The van der Waals surface area contributed by atoms with Crippen LogP contribution in [0, 0.1) is 6.92 Å². The SMILES string of the molecule is Cc1ccc(Cl)cc1N=C([O-])C[n+]1cc(-c2ccc(Cl)cc2)n2c1CCC2.Cl. The fourth-order valence-electron chi connectivity index (χ4n) is 3.52. The summed E-state index contributed by atoms with van der Waals surface area (Å²) < 4.78 is 4.30. The summed E-state index contributed by atoms with van der Waals surface area (Å²) in [5, 5.41) is 13.9. The normalized spacial score (nSPS) is 13.3. The van der Waals surface area contributed by atoms with Crippen LogP contribution in [0.3, 0.4) is 0 Å². The largest absolute Gasteiger partial charge is 0.859 e. The number of aromatic nitrogens is 2. The van der Waals surface area contributed by atoms with Gasteiger partial charge in [-0.15, -0.1) is 12.4 Å². The lowest BCUT2D eigenvalue weighted by Gasteiger charge is -2.10. The third-order valence-electron chi connectivity index (χ3n) is 4.86. The predicted octanol–water partition coefficient (Wildman–Crippen LogP) is 4.52. The molecule has 0 spiro atoms. The number of nitrogens with zero attached hydrogens (tertiary/aromatic N) is 3. The summed E-state index contributed by atoms with van der Waals surface area (Å²) in [4.78, 5) is 4.26. The highest BCUT2D eigenvalue weighted by Crippen LogP contribution is 2.26. The average Bonchev–Trinajstić information content (AvgIpc) is 3.23. The highest BCUT2D eigenvalue weighted by molar-refractivity contribution is 6.31. The van der Waals surface area contributed by atoms with Gasteiger partial charge in [-0.3, -0.25) is 4.99 Å². The van der Waals surface area contributed by atoms with Gasteiger partial charge in [0.2, 0.25) is 0 Å². The standard InChI is InChI=1S/C21H19Cl2N3O.ClH/c1-14-4-7-17(23)11-18(14)24-20(27)13-25-12-19(26-10-2-3-21(25)26)15-5-8-16(22)9-6-15;/h4-9,11-12H,2-3,10,13H2,1H3;1H. The smallest absolute Gasteiger partial charge is 0.257 e. The van der Waals surface area contributed by atoms with E-state index < -0.39 is 0 Å². The van der Waals surface area contributed by atoms with E-state index >= 15 is 0 Å². The number of hydrogen-bond donors (Lipinski definition) is 0. The first-order valence-corrected chi connectivity index (χ1v) is 9.65. The monoisotopic (exact) mass is 435 g/mol. The zero-order valence-electron chi connectivity index (χ0n) is 15.4. The Labute approximate surface area is 180 Å². The molecule has 28 heavy (non-hydrogen) atoms. The van der Waals surface area contributed by atoms with E-state index in [1.807, 2.05) is 48.0 Å². The second kappa shape index (κ2) is 8.56. The average molecular weight is 437 g/mol. The first-order chi connectivity index (χ1) is 13.0. The maximum atomic E-state index is 12.6. The van der Waals surface area contributed by atoms with Crippen molar-refractivity contribution in [2.75, 3.05) is 0 Å². The number of fused-ring (bicyclic) bond motifs is 1. The second-order valence-electron chi connectivity index (χ2n) is 6.76. The summed E-state index contributed by atoms with van der Waals surface area (Å²) in [5.41, 5.74) is 3.76. The molecule has 2 aromatic carbocycles. The number of benzene rings is 2. The lowest BCUT2D eigenvalue weighted by atomic mass is 10.2. The number of hydrogen-bond acceptors (Lipinski definition) is 2. The molecule has 0 bridgehead atoms. The predicted molar refractivity (Wildman–Crippen MR) is 114 cm³/mol. The van der Waals surface area contributed by atoms with Crippen LogP contribution in [0.2, 0.25) is 10.0 Å². The van der Waals surface area contributed by atoms with Crippen LogP contribution in [0.4, 0.5) is 5.69 Å². The Balaban J connectivity index is 0.00000225. The van der Waals surface area contributed by atoms with Gasteiger partial charge in [0, 0.05) is 21.5 Å². The minimum absolute atomic E-state index is 0. The second-order valence-corrected chi connectivity index (χ2v) is 7.63. The van der Waals surface area contributed by atoms with Crippen molar-refractivity contribution >= 4 is 47.2 Å². The van der Waals surface area contributed by atoms with Crippen LogP contribution in [0.5, 0.6) is 0 Å². The van der Waals surface area contributed by atoms with Gasteiger partial charge in [0.05, 0.1) is 18.7 Å². The molecule has 3 aromatic rings. The first kappa shape index (κ1) is 20.7. The molecule has 2 heterocycles. The number of rotatable bonds is 4. The van der Waals surface area contributed by atoms with Crippen LogP contribution >= 0.6 is 35.6 Å². The molecule has 0 saturated carbocycles. The van der Waals surface area contributed by atoms with E-state index in [9.17, 15) is 5.11 Å². The quantitative estimate of drug-likeness (QED) is 0.337. The molecular formula is C21H20Cl3N3O. The Morgan fingerprint density at radius 2 is 1.86 bits per heavy atom. The molecule has 0 unspecified atom stereocenters. The van der Waals surface area contributed by atoms with Gasteiger partial charge in [-0.05, 0) is 55.3 Å². The van der Waals surface area contributed by atoms with Crippen LogP contribution in [0.15, 0.2) is 53.7 Å². The van der Waals surface area contributed by atoms with Crippen LogP contribution < -0.4 is 9.67 Å². The summed E-state index contributed by atoms with van der Waals surface area (Å²) in [5.74, 6) is 0.972. The van der Waals surface area contributed by atoms with E-state index in [4.69, 9.17) is 23.2 Å². The van der Waals surface area contributed by atoms with Crippen molar-refractivity contribution in [1.82, 2.24) is 4.57 Å². The molecule has 0 amide bonds. The number of aryl methyl sites for hydroxylation is 1. The van der Waals surface area contributed by atoms with Crippen LogP contribution in [-0.4, -0.2) is 10.5 Å². The van der Waals surface area contributed by atoms with Gasteiger partial charge in [-0.2, -0.15) is 0 Å². The molecular weight excluding hydrogens is 417 g/mol.